The number of fused-ring (bicyclic) bond motifs is 1. The SMILES string of the molecule is CCOC(=O)ON=C(C(=O)NC1C(=O)N2C(C(=O)O)=C(CSc3nnnn3C)CS[C@H]12)c1cccc(O)c1. The molecule has 2 aliphatic rings. The maximum atomic E-state index is 13.1. The number of β-lactam (4-membered cyclic amide) rings is 1. The van der Waals surface area contributed by atoms with Crippen LogP contribution in [0.5, 0.6) is 5.75 Å². The van der Waals surface area contributed by atoms with Crippen LogP contribution in [-0.4, -0.2) is 94.5 Å². The van der Waals surface area contributed by atoms with E-state index in [0.717, 1.165) is 4.90 Å². The number of aliphatic carboxylic acids is 1. The van der Waals surface area contributed by atoms with Crippen LogP contribution in [0.25, 0.3) is 0 Å². The van der Waals surface area contributed by atoms with E-state index in [0.29, 0.717) is 16.5 Å². The molecule has 0 bridgehead atoms. The Morgan fingerprint density at radius 2 is 2.13 bits per heavy atom. The lowest BCUT2D eigenvalue weighted by atomic mass is 10.0. The van der Waals surface area contributed by atoms with Crippen molar-refractivity contribution in [3.05, 3.63) is 41.1 Å². The largest absolute Gasteiger partial charge is 0.535 e. The van der Waals surface area contributed by atoms with Gasteiger partial charge in [0.2, 0.25) is 5.16 Å². The predicted molar refractivity (Wildman–Crippen MR) is 132 cm³/mol. The molecule has 0 saturated carbocycles. The Morgan fingerprint density at radius 1 is 1.34 bits per heavy atom. The molecule has 4 rings (SSSR count). The zero-order chi connectivity index (χ0) is 27.4. The van der Waals surface area contributed by atoms with Gasteiger partial charge in [-0.3, -0.25) is 19.3 Å². The maximum Gasteiger partial charge on any atom is 0.535 e. The van der Waals surface area contributed by atoms with Crippen LogP contribution >= 0.6 is 23.5 Å². The second kappa shape index (κ2) is 11.5. The van der Waals surface area contributed by atoms with Crippen LogP contribution in [0, 0.1) is 0 Å². The summed E-state index contributed by atoms with van der Waals surface area (Å²) in [4.78, 5) is 55.6. The lowest BCUT2D eigenvalue weighted by molar-refractivity contribution is -0.150. The predicted octanol–water partition coefficient (Wildman–Crippen LogP) is 0.324. The van der Waals surface area contributed by atoms with Gasteiger partial charge in [-0.25, -0.2) is 14.3 Å². The van der Waals surface area contributed by atoms with Gasteiger partial charge in [0.05, 0.1) is 6.61 Å². The van der Waals surface area contributed by atoms with Gasteiger partial charge in [0.15, 0.2) is 5.71 Å². The van der Waals surface area contributed by atoms with Crippen molar-refractivity contribution in [3.63, 3.8) is 0 Å². The molecule has 200 valence electrons. The number of carboxylic acid groups (broad SMARTS) is 1. The summed E-state index contributed by atoms with van der Waals surface area (Å²) in [5.74, 6) is -2.42. The minimum Gasteiger partial charge on any atom is -0.508 e. The number of ether oxygens (including phenoxy) is 1. The number of phenols is 1. The number of nitrogens with one attached hydrogen (secondary N) is 1. The van der Waals surface area contributed by atoms with Gasteiger partial charge in [-0.1, -0.05) is 29.1 Å². The lowest BCUT2D eigenvalue weighted by Crippen LogP contribution is -2.71. The third-order valence-electron chi connectivity index (χ3n) is 5.30. The number of carbonyl (C=O) groups is 4. The van der Waals surface area contributed by atoms with E-state index >= 15 is 0 Å². The van der Waals surface area contributed by atoms with Crippen LogP contribution in [-0.2, 0) is 31.0 Å². The first-order chi connectivity index (χ1) is 18.2. The van der Waals surface area contributed by atoms with E-state index in [-0.39, 0.29) is 29.4 Å². The molecular formula is C21H21N7O8S2. The molecule has 38 heavy (non-hydrogen) atoms. The Balaban J connectivity index is 1.51. The van der Waals surface area contributed by atoms with Gasteiger partial charge in [-0.2, -0.15) is 0 Å². The number of phenolic OH excluding ortho intramolecular Hbond substituents is 1. The number of aromatic nitrogens is 4. The van der Waals surface area contributed by atoms with Crippen molar-refractivity contribution in [1.29, 1.82) is 0 Å². The molecule has 2 atom stereocenters. The number of rotatable bonds is 9. The maximum absolute atomic E-state index is 13.1. The van der Waals surface area contributed by atoms with Crippen molar-refractivity contribution in [2.75, 3.05) is 18.1 Å². The number of nitrogens with zero attached hydrogens (tertiary/aromatic N) is 6. The van der Waals surface area contributed by atoms with E-state index in [1.54, 1.807) is 14.0 Å². The number of tetrazole rings is 1. The summed E-state index contributed by atoms with van der Waals surface area (Å²) in [6.45, 7) is 1.57. The number of benzene rings is 1. The van der Waals surface area contributed by atoms with E-state index in [2.05, 4.69) is 35.6 Å². The van der Waals surface area contributed by atoms with Crippen LogP contribution in [0.3, 0.4) is 0 Å². The molecule has 1 aromatic heterocycles. The van der Waals surface area contributed by atoms with E-state index in [4.69, 9.17) is 0 Å². The molecule has 1 saturated heterocycles. The molecule has 15 nitrogen and oxygen atoms in total. The quantitative estimate of drug-likeness (QED) is 0.0942. The third-order valence-corrected chi connectivity index (χ3v) is 7.74. The molecule has 1 fully saturated rings. The van der Waals surface area contributed by atoms with E-state index in [1.165, 1.54) is 52.5 Å². The van der Waals surface area contributed by atoms with Gasteiger partial charge in [-0.05, 0) is 35.1 Å². The van der Waals surface area contributed by atoms with Crippen molar-refractivity contribution in [2.24, 2.45) is 12.2 Å². The van der Waals surface area contributed by atoms with Crippen molar-refractivity contribution in [1.82, 2.24) is 30.4 Å². The summed E-state index contributed by atoms with van der Waals surface area (Å²) in [5, 5.41) is 36.7. The fourth-order valence-electron chi connectivity index (χ4n) is 3.60. The summed E-state index contributed by atoms with van der Waals surface area (Å²) in [7, 11) is 1.65. The highest BCUT2D eigenvalue weighted by atomic mass is 32.2. The van der Waals surface area contributed by atoms with Crippen LogP contribution in [0.15, 0.2) is 45.8 Å². The molecule has 0 radical (unpaired) electrons. The number of hydrogen-bond acceptors (Lipinski definition) is 13. The number of carboxylic acids is 1. The molecular weight excluding hydrogens is 542 g/mol. The lowest BCUT2D eigenvalue weighted by Gasteiger charge is -2.49. The number of amides is 2. The molecule has 0 spiro atoms. The molecule has 2 aliphatic heterocycles. The molecule has 2 amide bonds. The first-order valence-corrected chi connectivity index (χ1v) is 13.0. The van der Waals surface area contributed by atoms with Crippen molar-refractivity contribution in [2.45, 2.75) is 23.5 Å². The molecule has 17 heteroatoms. The van der Waals surface area contributed by atoms with E-state index in [1.807, 2.05) is 0 Å². The Morgan fingerprint density at radius 3 is 2.79 bits per heavy atom. The second-order valence-corrected chi connectivity index (χ2v) is 9.80. The Labute approximate surface area is 223 Å². The van der Waals surface area contributed by atoms with Crippen molar-refractivity contribution in [3.8, 4) is 5.75 Å². The Hall–Kier alpha value is -4.12. The Kier molecular flexibility index (Phi) is 8.16. The average Bonchev–Trinajstić information content (AvgIpc) is 3.30. The average molecular weight is 564 g/mol. The number of oxime groups is 1. The van der Waals surface area contributed by atoms with E-state index in [9.17, 15) is 29.4 Å². The second-order valence-electron chi connectivity index (χ2n) is 7.76. The highest BCUT2D eigenvalue weighted by Crippen LogP contribution is 2.41. The fraction of sp³-hybridized carbons (Fsp3) is 0.333. The van der Waals surface area contributed by atoms with Crippen molar-refractivity contribution < 1.29 is 39.0 Å². The molecule has 1 aromatic carbocycles. The zero-order valence-electron chi connectivity index (χ0n) is 19.9. The fourth-order valence-corrected chi connectivity index (χ4v) is 5.94. The highest BCUT2D eigenvalue weighted by Gasteiger charge is 2.54. The van der Waals surface area contributed by atoms with Gasteiger partial charge in [0, 0.05) is 24.1 Å². The standard InChI is InChI=1S/C21H21N7O8S2/c1-3-35-21(34)36-24-13(10-5-4-6-12(29)7-10)16(30)22-14-17(31)28-15(19(32)33)11(8-37-18(14)28)9-38-20-23-25-26-27(20)2/h4-7,14,18,29H,3,8-9H2,1-2H3,(H,22,30)(H,32,33)/t14?,18-/m1/s1. The minimum atomic E-state index is -1.27. The third kappa shape index (κ3) is 5.57. The van der Waals surface area contributed by atoms with Gasteiger partial charge < -0.3 is 20.3 Å². The van der Waals surface area contributed by atoms with Crippen molar-refractivity contribution >= 4 is 53.2 Å². The van der Waals surface area contributed by atoms with Crippen LogP contribution in [0.1, 0.15) is 12.5 Å². The first-order valence-electron chi connectivity index (χ1n) is 11.0. The van der Waals surface area contributed by atoms with Crippen LogP contribution < -0.4 is 5.32 Å². The summed E-state index contributed by atoms with van der Waals surface area (Å²) in [6, 6.07) is 4.42. The molecule has 0 aliphatic carbocycles. The number of aromatic hydroxyl groups is 1. The van der Waals surface area contributed by atoms with E-state index < -0.39 is 41.1 Å². The summed E-state index contributed by atoms with van der Waals surface area (Å²) in [5.41, 5.74) is 0.0638. The summed E-state index contributed by atoms with van der Waals surface area (Å²) < 4.78 is 6.09. The minimum absolute atomic E-state index is 0.0166. The van der Waals surface area contributed by atoms with Crippen LogP contribution in [0.4, 0.5) is 4.79 Å². The number of aryl methyl sites for hydroxylation is 1. The number of thioether (sulfide) groups is 2. The highest BCUT2D eigenvalue weighted by molar-refractivity contribution is 8.01. The number of hydrogen-bond donors (Lipinski definition) is 3. The van der Waals surface area contributed by atoms with Crippen LogP contribution in [0.2, 0.25) is 0 Å². The van der Waals surface area contributed by atoms with Gasteiger partial charge >= 0.3 is 12.1 Å². The molecule has 1 unspecified atom stereocenters. The molecule has 2 aromatic rings. The summed E-state index contributed by atoms with van der Waals surface area (Å²) >= 11 is 2.52. The normalized spacial score (nSPS) is 18.9. The molecule has 3 N–H and O–H groups in total. The molecule has 3 heterocycles. The number of carbonyl (C=O) groups excluding carboxylic acids is 3. The smallest absolute Gasteiger partial charge is 0.508 e. The summed E-state index contributed by atoms with van der Waals surface area (Å²) in [6.07, 6.45) is -1.15. The van der Waals surface area contributed by atoms with Gasteiger partial charge in [-0.15, -0.1) is 16.9 Å². The monoisotopic (exact) mass is 563 g/mol. The zero-order valence-corrected chi connectivity index (χ0v) is 21.6. The van der Waals surface area contributed by atoms with Gasteiger partial charge in [0.25, 0.3) is 11.8 Å². The Bertz CT molecular complexity index is 1340. The topological polar surface area (TPSA) is 198 Å². The first kappa shape index (κ1) is 26.9. The van der Waals surface area contributed by atoms with Gasteiger partial charge in [0.1, 0.15) is 22.9 Å².